The Morgan fingerprint density at radius 3 is 1.47 bits per heavy atom. The molecule has 5 nitrogen and oxygen atoms in total. The molecule has 0 N–H and O–H groups in total. The number of hydrogen-bond donors (Lipinski definition) is 0. The summed E-state index contributed by atoms with van der Waals surface area (Å²) in [7, 11) is -3.86. The van der Waals surface area contributed by atoms with Crippen molar-refractivity contribution in [3.63, 3.8) is 0 Å². The number of sulfonamides is 1. The summed E-state index contributed by atoms with van der Waals surface area (Å²) in [6.07, 6.45) is 0.511. The zero-order chi connectivity index (χ0) is 25.2. The van der Waals surface area contributed by atoms with Crippen LogP contribution in [0.4, 0.5) is 0 Å². The van der Waals surface area contributed by atoms with Crippen molar-refractivity contribution in [2.24, 2.45) is 0 Å². The highest BCUT2D eigenvalue weighted by Gasteiger charge is 2.28. The molecule has 4 rings (SSSR count). The maximum Gasteiger partial charge on any atom is 0.243 e. The van der Waals surface area contributed by atoms with Gasteiger partial charge in [-0.3, -0.25) is 4.79 Å². The quantitative estimate of drug-likeness (QED) is 0.287. The molecule has 0 bridgehead atoms. The van der Waals surface area contributed by atoms with E-state index in [0.29, 0.717) is 19.5 Å². The molecule has 0 radical (unpaired) electrons. The van der Waals surface area contributed by atoms with Crippen LogP contribution in [0.15, 0.2) is 126 Å². The third kappa shape index (κ3) is 6.90. The molecule has 0 atom stereocenters. The van der Waals surface area contributed by atoms with Crippen LogP contribution in [0.3, 0.4) is 0 Å². The van der Waals surface area contributed by atoms with Crippen LogP contribution in [-0.2, 0) is 34.3 Å². The van der Waals surface area contributed by atoms with E-state index in [1.54, 1.807) is 35.2 Å². The van der Waals surface area contributed by atoms with Gasteiger partial charge in [0.1, 0.15) is 0 Å². The van der Waals surface area contributed by atoms with Gasteiger partial charge in [0, 0.05) is 19.6 Å². The minimum Gasteiger partial charge on any atom is -0.333 e. The van der Waals surface area contributed by atoms with Crippen molar-refractivity contribution in [2.75, 3.05) is 13.1 Å². The smallest absolute Gasteiger partial charge is 0.243 e. The first kappa shape index (κ1) is 25.4. The van der Waals surface area contributed by atoms with Crippen LogP contribution in [0.2, 0.25) is 0 Å². The minimum atomic E-state index is -3.86. The van der Waals surface area contributed by atoms with Crippen LogP contribution in [0.5, 0.6) is 0 Å². The fraction of sp³-hybridized carbons (Fsp3) is 0.167. The molecule has 0 aliphatic carbocycles. The van der Waals surface area contributed by atoms with Gasteiger partial charge in [-0.05, 0) is 35.2 Å². The standard InChI is InChI=1S/C30H30N2O3S/c33-30(31(23-27-15-7-2-8-16-27)24-28-17-9-3-10-18-28)25-32(22-21-26-13-5-1-6-14-26)36(34,35)29-19-11-4-12-20-29/h1-20H,21-25H2. The second-order valence-electron chi connectivity index (χ2n) is 8.61. The molecule has 184 valence electrons. The van der Waals surface area contributed by atoms with Gasteiger partial charge in [-0.1, -0.05) is 109 Å². The number of carbonyl (C=O) groups is 1. The molecule has 6 heteroatoms. The SMILES string of the molecule is O=C(CN(CCc1ccccc1)S(=O)(=O)c1ccccc1)N(Cc1ccccc1)Cc1ccccc1. The summed E-state index contributed by atoms with van der Waals surface area (Å²) >= 11 is 0. The van der Waals surface area contributed by atoms with Crippen molar-refractivity contribution in [1.29, 1.82) is 0 Å². The van der Waals surface area contributed by atoms with Crippen LogP contribution >= 0.6 is 0 Å². The van der Waals surface area contributed by atoms with Crippen LogP contribution in [-0.4, -0.2) is 36.6 Å². The van der Waals surface area contributed by atoms with Crippen molar-refractivity contribution < 1.29 is 13.2 Å². The van der Waals surface area contributed by atoms with Crippen molar-refractivity contribution in [1.82, 2.24) is 9.21 Å². The third-order valence-electron chi connectivity index (χ3n) is 5.97. The molecule has 0 fully saturated rings. The van der Waals surface area contributed by atoms with E-state index in [9.17, 15) is 13.2 Å². The Kier molecular flexibility index (Phi) is 8.66. The zero-order valence-electron chi connectivity index (χ0n) is 20.1. The molecule has 1 amide bonds. The Hall–Kier alpha value is -3.74. The molecule has 0 aliphatic heterocycles. The first-order valence-electron chi connectivity index (χ1n) is 12.0. The van der Waals surface area contributed by atoms with E-state index in [2.05, 4.69) is 0 Å². The largest absolute Gasteiger partial charge is 0.333 e. The van der Waals surface area contributed by atoms with Crippen molar-refractivity contribution >= 4 is 15.9 Å². The Morgan fingerprint density at radius 2 is 1.00 bits per heavy atom. The lowest BCUT2D eigenvalue weighted by atomic mass is 10.1. The first-order chi connectivity index (χ1) is 17.5. The number of amides is 1. The van der Waals surface area contributed by atoms with Crippen molar-refractivity contribution in [2.45, 2.75) is 24.4 Å². The molecule has 0 aliphatic rings. The summed E-state index contributed by atoms with van der Waals surface area (Å²) < 4.78 is 28.5. The molecular weight excluding hydrogens is 468 g/mol. The predicted octanol–water partition coefficient (Wildman–Crippen LogP) is 5.15. The molecule has 0 spiro atoms. The van der Waals surface area contributed by atoms with Gasteiger partial charge in [0.05, 0.1) is 11.4 Å². The van der Waals surface area contributed by atoms with Crippen LogP contribution in [0.1, 0.15) is 16.7 Å². The van der Waals surface area contributed by atoms with Gasteiger partial charge in [0.15, 0.2) is 0 Å². The second-order valence-corrected chi connectivity index (χ2v) is 10.5. The summed E-state index contributed by atoms with van der Waals surface area (Å²) in [5.74, 6) is -0.240. The highest BCUT2D eigenvalue weighted by atomic mass is 32.2. The highest BCUT2D eigenvalue weighted by Crippen LogP contribution is 2.18. The molecule has 4 aromatic rings. The molecule has 36 heavy (non-hydrogen) atoms. The average molecular weight is 499 g/mol. The fourth-order valence-electron chi connectivity index (χ4n) is 4.01. The van der Waals surface area contributed by atoms with Gasteiger partial charge in [0.25, 0.3) is 0 Å². The second kappa shape index (κ2) is 12.3. The predicted molar refractivity (Wildman–Crippen MR) is 142 cm³/mol. The molecule has 4 aromatic carbocycles. The van der Waals surface area contributed by atoms with E-state index < -0.39 is 10.0 Å². The number of carbonyl (C=O) groups excluding carboxylic acids is 1. The number of hydrogen-bond acceptors (Lipinski definition) is 3. The average Bonchev–Trinajstić information content (AvgIpc) is 2.92. The lowest BCUT2D eigenvalue weighted by Crippen LogP contribution is -2.43. The van der Waals surface area contributed by atoms with E-state index in [-0.39, 0.29) is 23.9 Å². The fourth-order valence-corrected chi connectivity index (χ4v) is 5.43. The van der Waals surface area contributed by atoms with E-state index in [1.165, 1.54) is 4.31 Å². The van der Waals surface area contributed by atoms with Gasteiger partial charge in [-0.15, -0.1) is 0 Å². The highest BCUT2D eigenvalue weighted by molar-refractivity contribution is 7.89. The summed E-state index contributed by atoms with van der Waals surface area (Å²) in [6, 6.07) is 37.5. The lowest BCUT2D eigenvalue weighted by Gasteiger charge is -2.28. The van der Waals surface area contributed by atoms with Crippen LogP contribution in [0, 0.1) is 0 Å². The van der Waals surface area contributed by atoms with Gasteiger partial charge in [-0.25, -0.2) is 8.42 Å². The minimum absolute atomic E-state index is 0.184. The molecular formula is C30H30N2O3S. The number of nitrogens with zero attached hydrogens (tertiary/aromatic N) is 2. The topological polar surface area (TPSA) is 57.7 Å². The molecule has 0 saturated heterocycles. The van der Waals surface area contributed by atoms with E-state index in [4.69, 9.17) is 0 Å². The Bertz CT molecular complexity index is 1290. The molecule has 0 heterocycles. The summed E-state index contributed by atoms with van der Waals surface area (Å²) in [4.78, 5) is 15.6. The first-order valence-corrected chi connectivity index (χ1v) is 13.4. The maximum absolute atomic E-state index is 13.7. The molecule has 0 saturated carbocycles. The van der Waals surface area contributed by atoms with Gasteiger partial charge < -0.3 is 4.90 Å². The van der Waals surface area contributed by atoms with Gasteiger partial charge in [-0.2, -0.15) is 4.31 Å². The Labute approximate surface area is 213 Å². The van der Waals surface area contributed by atoms with E-state index in [0.717, 1.165) is 16.7 Å². The maximum atomic E-state index is 13.7. The zero-order valence-corrected chi connectivity index (χ0v) is 20.9. The van der Waals surface area contributed by atoms with Gasteiger partial charge in [0.2, 0.25) is 15.9 Å². The van der Waals surface area contributed by atoms with E-state index in [1.807, 2.05) is 91.0 Å². The van der Waals surface area contributed by atoms with E-state index >= 15 is 0 Å². The third-order valence-corrected chi connectivity index (χ3v) is 7.83. The summed E-state index contributed by atoms with van der Waals surface area (Å²) in [5, 5.41) is 0. The number of benzene rings is 4. The molecule has 0 unspecified atom stereocenters. The monoisotopic (exact) mass is 498 g/mol. The summed E-state index contributed by atoms with van der Waals surface area (Å²) in [6.45, 7) is 0.764. The van der Waals surface area contributed by atoms with Crippen molar-refractivity contribution in [3.8, 4) is 0 Å². The lowest BCUT2D eigenvalue weighted by molar-refractivity contribution is -0.132. The van der Waals surface area contributed by atoms with Crippen LogP contribution in [0.25, 0.3) is 0 Å². The Morgan fingerprint density at radius 1 is 0.583 bits per heavy atom. The normalized spacial score (nSPS) is 11.4. The molecule has 0 aromatic heterocycles. The Balaban J connectivity index is 1.60. The van der Waals surface area contributed by atoms with Crippen LogP contribution < -0.4 is 0 Å². The van der Waals surface area contributed by atoms with Gasteiger partial charge >= 0.3 is 0 Å². The number of rotatable bonds is 11. The van der Waals surface area contributed by atoms with Crippen molar-refractivity contribution in [3.05, 3.63) is 138 Å². The summed E-state index contributed by atoms with van der Waals surface area (Å²) in [5.41, 5.74) is 3.00.